The molecule has 0 saturated carbocycles. The number of hydrogen-bond donors (Lipinski definition) is 1. The third kappa shape index (κ3) is 4.39. The first-order valence-corrected chi connectivity index (χ1v) is 7.96. The Morgan fingerprint density at radius 1 is 1.50 bits per heavy atom. The molecule has 1 N–H and O–H groups in total. The molecule has 0 aromatic rings. The van der Waals surface area contributed by atoms with Crippen molar-refractivity contribution in [3.05, 3.63) is 0 Å². The van der Waals surface area contributed by atoms with Crippen molar-refractivity contribution in [2.45, 2.75) is 38.3 Å². The zero-order valence-electron chi connectivity index (χ0n) is 10.4. The van der Waals surface area contributed by atoms with E-state index in [0.29, 0.717) is 12.0 Å². The van der Waals surface area contributed by atoms with Crippen LogP contribution in [0.3, 0.4) is 0 Å². The molecule has 1 aliphatic heterocycles. The first kappa shape index (κ1) is 13.9. The summed E-state index contributed by atoms with van der Waals surface area (Å²) in [6.07, 6.45) is 4.29. The van der Waals surface area contributed by atoms with E-state index < -0.39 is 9.84 Å². The molecule has 1 saturated heterocycles. The van der Waals surface area contributed by atoms with Crippen LogP contribution in [0.4, 0.5) is 0 Å². The summed E-state index contributed by atoms with van der Waals surface area (Å²) in [4.78, 5) is 0. The molecule has 0 amide bonds. The van der Waals surface area contributed by atoms with Crippen LogP contribution in [0.25, 0.3) is 0 Å². The van der Waals surface area contributed by atoms with Crippen LogP contribution in [0.5, 0.6) is 0 Å². The highest BCUT2D eigenvalue weighted by molar-refractivity contribution is 7.90. The fourth-order valence-corrected chi connectivity index (χ4v) is 3.11. The largest absolute Gasteiger partial charge is 0.378 e. The predicted molar refractivity (Wildman–Crippen MR) is 65.3 cm³/mol. The second-order valence-electron chi connectivity index (χ2n) is 4.70. The van der Waals surface area contributed by atoms with E-state index >= 15 is 0 Å². The van der Waals surface area contributed by atoms with Crippen LogP contribution in [0.1, 0.15) is 26.2 Å². The average molecular weight is 249 g/mol. The number of ether oxygens (including phenoxy) is 1. The fourth-order valence-electron chi connectivity index (χ4n) is 2.41. The number of hydrogen-bond acceptors (Lipinski definition) is 4. The molecule has 0 aromatic heterocycles. The molecule has 96 valence electrons. The van der Waals surface area contributed by atoms with Crippen LogP contribution < -0.4 is 5.32 Å². The minimum atomic E-state index is -2.82. The van der Waals surface area contributed by atoms with Gasteiger partial charge in [0.05, 0.1) is 6.10 Å². The summed E-state index contributed by atoms with van der Waals surface area (Å²) in [5.74, 6) is 0.803. The number of rotatable bonds is 6. The van der Waals surface area contributed by atoms with E-state index in [0.717, 1.165) is 25.9 Å². The Morgan fingerprint density at radius 2 is 2.19 bits per heavy atom. The molecule has 1 heterocycles. The topological polar surface area (TPSA) is 55.4 Å². The molecular weight excluding hydrogens is 226 g/mol. The normalized spacial score (nSPS) is 28.2. The van der Waals surface area contributed by atoms with E-state index in [2.05, 4.69) is 12.2 Å². The lowest BCUT2D eigenvalue weighted by Crippen LogP contribution is -2.37. The minimum Gasteiger partial charge on any atom is -0.378 e. The van der Waals surface area contributed by atoms with Gasteiger partial charge in [-0.15, -0.1) is 0 Å². The molecule has 3 atom stereocenters. The third-order valence-corrected chi connectivity index (χ3v) is 4.38. The van der Waals surface area contributed by atoms with Crippen molar-refractivity contribution in [1.29, 1.82) is 0 Å². The van der Waals surface area contributed by atoms with Crippen molar-refractivity contribution in [3.63, 3.8) is 0 Å². The summed E-state index contributed by atoms with van der Waals surface area (Å²) in [6.45, 7) is 2.93. The predicted octanol–water partition coefficient (Wildman–Crippen LogP) is 0.824. The zero-order valence-corrected chi connectivity index (χ0v) is 11.2. The Balaban J connectivity index is 2.37. The number of nitrogens with one attached hydrogen (secondary N) is 1. The maximum Gasteiger partial charge on any atom is 0.147 e. The summed E-state index contributed by atoms with van der Waals surface area (Å²) < 4.78 is 27.6. The molecule has 1 aliphatic rings. The van der Waals surface area contributed by atoms with E-state index in [1.165, 1.54) is 6.26 Å². The molecule has 5 heteroatoms. The monoisotopic (exact) mass is 249 g/mol. The first-order valence-electron chi connectivity index (χ1n) is 5.90. The quantitative estimate of drug-likeness (QED) is 0.757. The first-order chi connectivity index (χ1) is 7.44. The van der Waals surface area contributed by atoms with Gasteiger partial charge in [-0.2, -0.15) is 0 Å². The van der Waals surface area contributed by atoms with Gasteiger partial charge in [-0.1, -0.05) is 0 Å². The van der Waals surface area contributed by atoms with Gasteiger partial charge in [-0.25, -0.2) is 8.42 Å². The van der Waals surface area contributed by atoms with Crippen LogP contribution in [-0.4, -0.2) is 46.2 Å². The van der Waals surface area contributed by atoms with Gasteiger partial charge in [-0.05, 0) is 33.2 Å². The lowest BCUT2D eigenvalue weighted by atomic mass is 9.90. The second-order valence-corrected chi connectivity index (χ2v) is 6.96. The van der Waals surface area contributed by atoms with Crippen molar-refractivity contribution in [1.82, 2.24) is 5.32 Å². The second kappa shape index (κ2) is 5.98. The van der Waals surface area contributed by atoms with E-state index in [-0.39, 0.29) is 11.9 Å². The molecule has 16 heavy (non-hydrogen) atoms. The molecule has 1 rings (SSSR count). The Labute approximate surface area is 98.7 Å². The molecule has 0 aromatic carbocycles. The van der Waals surface area contributed by atoms with E-state index in [1.807, 2.05) is 7.05 Å². The lowest BCUT2D eigenvalue weighted by Gasteiger charge is -2.25. The molecule has 1 fully saturated rings. The van der Waals surface area contributed by atoms with Crippen molar-refractivity contribution in [2.24, 2.45) is 5.92 Å². The van der Waals surface area contributed by atoms with Gasteiger partial charge in [0.15, 0.2) is 0 Å². The van der Waals surface area contributed by atoms with Gasteiger partial charge in [0, 0.05) is 30.6 Å². The van der Waals surface area contributed by atoms with Gasteiger partial charge in [0.2, 0.25) is 0 Å². The van der Waals surface area contributed by atoms with E-state index in [1.54, 1.807) is 0 Å². The van der Waals surface area contributed by atoms with Crippen LogP contribution >= 0.6 is 0 Å². The summed E-state index contributed by atoms with van der Waals surface area (Å²) in [5.41, 5.74) is 0. The van der Waals surface area contributed by atoms with Crippen molar-refractivity contribution in [3.8, 4) is 0 Å². The maximum atomic E-state index is 11.0. The Morgan fingerprint density at radius 3 is 2.62 bits per heavy atom. The molecule has 0 radical (unpaired) electrons. The smallest absolute Gasteiger partial charge is 0.147 e. The Kier molecular flexibility index (Phi) is 5.21. The molecule has 4 nitrogen and oxygen atoms in total. The van der Waals surface area contributed by atoms with Crippen LogP contribution in [-0.2, 0) is 14.6 Å². The standard InChI is InChI=1S/C11H23NO3S/c1-9-10(6-7-15-9)11(12-2)5-4-8-16(3,13)14/h9-12H,4-8H2,1-3H3. The number of sulfone groups is 1. The van der Waals surface area contributed by atoms with Crippen LogP contribution in [0.15, 0.2) is 0 Å². The highest BCUT2D eigenvalue weighted by Crippen LogP contribution is 2.26. The SMILES string of the molecule is CNC(CCCS(C)(=O)=O)C1CCOC1C. The highest BCUT2D eigenvalue weighted by Gasteiger charge is 2.30. The molecule has 3 unspecified atom stereocenters. The zero-order chi connectivity index (χ0) is 12.2. The molecule has 0 aliphatic carbocycles. The van der Waals surface area contributed by atoms with Gasteiger partial charge in [-0.3, -0.25) is 0 Å². The Hall–Kier alpha value is -0.130. The third-order valence-electron chi connectivity index (χ3n) is 3.35. The lowest BCUT2D eigenvalue weighted by molar-refractivity contribution is 0.0952. The summed E-state index contributed by atoms with van der Waals surface area (Å²) in [5, 5.41) is 3.29. The summed E-state index contributed by atoms with van der Waals surface area (Å²) in [7, 11) is -0.883. The van der Waals surface area contributed by atoms with Crippen molar-refractivity contribution in [2.75, 3.05) is 25.7 Å². The van der Waals surface area contributed by atoms with E-state index in [4.69, 9.17) is 4.74 Å². The van der Waals surface area contributed by atoms with Gasteiger partial charge in [0.1, 0.15) is 9.84 Å². The Bertz CT molecular complexity index is 302. The summed E-state index contributed by atoms with van der Waals surface area (Å²) >= 11 is 0. The van der Waals surface area contributed by atoms with Gasteiger partial charge >= 0.3 is 0 Å². The molecular formula is C11H23NO3S. The average Bonchev–Trinajstić information content (AvgIpc) is 2.58. The van der Waals surface area contributed by atoms with Crippen molar-refractivity contribution < 1.29 is 13.2 Å². The van der Waals surface area contributed by atoms with Gasteiger partial charge in [0.25, 0.3) is 0 Å². The summed E-state index contributed by atoms with van der Waals surface area (Å²) in [6, 6.07) is 0.374. The van der Waals surface area contributed by atoms with Crippen molar-refractivity contribution >= 4 is 9.84 Å². The van der Waals surface area contributed by atoms with Crippen LogP contribution in [0.2, 0.25) is 0 Å². The minimum absolute atomic E-state index is 0.285. The molecule has 0 spiro atoms. The highest BCUT2D eigenvalue weighted by atomic mass is 32.2. The molecule has 0 bridgehead atoms. The maximum absolute atomic E-state index is 11.0. The van der Waals surface area contributed by atoms with Crippen LogP contribution in [0, 0.1) is 5.92 Å². The fraction of sp³-hybridized carbons (Fsp3) is 1.00. The van der Waals surface area contributed by atoms with E-state index in [9.17, 15) is 8.42 Å². The van der Waals surface area contributed by atoms with Gasteiger partial charge < -0.3 is 10.1 Å².